The van der Waals surface area contributed by atoms with Crippen LogP contribution in [-0.2, 0) is 16.0 Å². The lowest BCUT2D eigenvalue weighted by Crippen LogP contribution is -2.57. The minimum Gasteiger partial charge on any atom is -0.465 e. The van der Waals surface area contributed by atoms with Gasteiger partial charge in [0, 0.05) is 10.9 Å². The van der Waals surface area contributed by atoms with Crippen molar-refractivity contribution in [1.29, 1.82) is 0 Å². The van der Waals surface area contributed by atoms with Crippen molar-refractivity contribution < 1.29 is 14.6 Å². The fourth-order valence-electron chi connectivity index (χ4n) is 3.58. The highest BCUT2D eigenvalue weighted by Crippen LogP contribution is 2.49. The topological polar surface area (TPSA) is 46.5 Å². The van der Waals surface area contributed by atoms with Crippen molar-refractivity contribution in [2.75, 3.05) is 6.61 Å². The van der Waals surface area contributed by atoms with E-state index in [0.29, 0.717) is 25.9 Å². The van der Waals surface area contributed by atoms with E-state index in [1.54, 1.807) is 6.92 Å². The maximum Gasteiger partial charge on any atom is 0.315 e. The second-order valence-corrected chi connectivity index (χ2v) is 7.14. The average Bonchev–Trinajstić information content (AvgIpc) is 2.52. The van der Waals surface area contributed by atoms with E-state index in [9.17, 15) is 9.90 Å². The molecule has 0 spiro atoms. The van der Waals surface area contributed by atoms with E-state index in [0.717, 1.165) is 22.9 Å². The molecule has 3 nitrogen and oxygen atoms in total. The summed E-state index contributed by atoms with van der Waals surface area (Å²) in [5.74, 6) is 2.23. The summed E-state index contributed by atoms with van der Waals surface area (Å²) in [4.78, 5) is 12.8. The van der Waals surface area contributed by atoms with E-state index >= 15 is 0 Å². The first-order valence-corrected chi connectivity index (χ1v) is 8.84. The molecule has 0 bridgehead atoms. The van der Waals surface area contributed by atoms with Crippen LogP contribution in [-0.4, -0.2) is 23.3 Å². The van der Waals surface area contributed by atoms with Gasteiger partial charge < -0.3 is 9.84 Å². The van der Waals surface area contributed by atoms with Gasteiger partial charge in [-0.3, -0.25) is 4.79 Å². The Morgan fingerprint density at radius 3 is 2.61 bits per heavy atom. The largest absolute Gasteiger partial charge is 0.465 e. The van der Waals surface area contributed by atoms with E-state index in [1.807, 2.05) is 24.3 Å². The Morgan fingerprint density at radius 1 is 1.35 bits per heavy atom. The number of hydrogen-bond donors (Lipinski definition) is 1. The van der Waals surface area contributed by atoms with Crippen LogP contribution in [0, 0.1) is 17.8 Å². The molecule has 1 saturated carbocycles. The van der Waals surface area contributed by atoms with E-state index in [1.165, 1.54) is 0 Å². The molecule has 2 atom stereocenters. The first-order chi connectivity index (χ1) is 11.0. The van der Waals surface area contributed by atoms with Gasteiger partial charge in [-0.25, -0.2) is 0 Å². The van der Waals surface area contributed by atoms with E-state index < -0.39 is 11.0 Å². The molecule has 1 aromatic carbocycles. The monoisotopic (exact) mass is 378 g/mol. The number of benzene rings is 1. The molecule has 2 rings (SSSR count). The Morgan fingerprint density at radius 2 is 2.00 bits per heavy atom. The second-order valence-electron chi connectivity index (χ2n) is 6.23. The van der Waals surface area contributed by atoms with Crippen LogP contribution in [0.3, 0.4) is 0 Å². The Bertz CT molecular complexity index is 590. The molecule has 0 radical (unpaired) electrons. The third-order valence-electron chi connectivity index (χ3n) is 4.81. The Labute approximate surface area is 146 Å². The van der Waals surface area contributed by atoms with E-state index in [-0.39, 0.29) is 12.4 Å². The molecule has 0 heterocycles. The maximum atomic E-state index is 12.8. The van der Waals surface area contributed by atoms with Gasteiger partial charge >= 0.3 is 5.97 Å². The first kappa shape index (κ1) is 18.0. The molecule has 1 aliphatic rings. The zero-order chi connectivity index (χ0) is 16.9. The fourth-order valence-corrected chi connectivity index (χ4v) is 3.84. The van der Waals surface area contributed by atoms with E-state index in [4.69, 9.17) is 11.2 Å². The molecule has 0 aromatic heterocycles. The van der Waals surface area contributed by atoms with Crippen molar-refractivity contribution in [3.8, 4) is 12.3 Å². The van der Waals surface area contributed by atoms with E-state index in [2.05, 4.69) is 21.9 Å². The molecule has 0 unspecified atom stereocenters. The zero-order valence-corrected chi connectivity index (χ0v) is 15.1. The third kappa shape index (κ3) is 3.62. The number of rotatable bonds is 5. The molecule has 23 heavy (non-hydrogen) atoms. The summed E-state index contributed by atoms with van der Waals surface area (Å²) < 4.78 is 6.33. The van der Waals surface area contributed by atoms with Gasteiger partial charge in [0.05, 0.1) is 12.2 Å². The summed E-state index contributed by atoms with van der Waals surface area (Å²) in [6.45, 7) is 2.08. The van der Waals surface area contributed by atoms with Crippen molar-refractivity contribution in [2.24, 2.45) is 5.41 Å². The zero-order valence-electron chi connectivity index (χ0n) is 13.5. The average molecular weight is 379 g/mol. The number of aliphatic hydroxyl groups is 1. The minimum atomic E-state index is -1.21. The molecule has 0 saturated heterocycles. The van der Waals surface area contributed by atoms with Gasteiger partial charge in [0.2, 0.25) is 0 Å². The van der Waals surface area contributed by atoms with Gasteiger partial charge in [-0.15, -0.1) is 12.3 Å². The molecule has 1 aromatic rings. The molecule has 124 valence electrons. The summed E-state index contributed by atoms with van der Waals surface area (Å²) in [5.41, 5.74) is -1.18. The highest BCUT2D eigenvalue weighted by Gasteiger charge is 2.57. The molecule has 1 N–H and O–H groups in total. The Hall–Kier alpha value is -1.31. The van der Waals surface area contributed by atoms with Gasteiger partial charge in [-0.1, -0.05) is 40.9 Å². The minimum absolute atomic E-state index is 0.169. The Kier molecular flexibility index (Phi) is 5.89. The summed E-state index contributed by atoms with van der Waals surface area (Å²) >= 11 is 3.42. The number of hydrogen-bond acceptors (Lipinski definition) is 3. The quantitative estimate of drug-likeness (QED) is 0.624. The summed E-state index contributed by atoms with van der Waals surface area (Å²) in [5, 5.41) is 11.2. The molecular weight excluding hydrogens is 356 g/mol. The summed E-state index contributed by atoms with van der Waals surface area (Å²) in [7, 11) is 0. The van der Waals surface area contributed by atoms with Crippen LogP contribution in [0.1, 0.15) is 44.6 Å². The van der Waals surface area contributed by atoms with Crippen LogP contribution < -0.4 is 0 Å². The SMILES string of the molecule is C#CC[C@@]1(O)CCCC[C@@]1(Cc1ccc(Br)cc1)C(=O)OCC. The van der Waals surface area contributed by atoms with Crippen molar-refractivity contribution in [3.63, 3.8) is 0 Å². The molecule has 1 fully saturated rings. The number of esters is 1. The van der Waals surface area contributed by atoms with Gasteiger partial charge in [-0.2, -0.15) is 0 Å². The van der Waals surface area contributed by atoms with Crippen molar-refractivity contribution in [2.45, 2.75) is 51.0 Å². The van der Waals surface area contributed by atoms with Crippen LogP contribution >= 0.6 is 15.9 Å². The molecular formula is C19H23BrO3. The lowest BCUT2D eigenvalue weighted by molar-refractivity contribution is -0.183. The highest BCUT2D eigenvalue weighted by atomic mass is 79.9. The maximum absolute atomic E-state index is 12.8. The Balaban J connectivity index is 2.43. The van der Waals surface area contributed by atoms with Crippen molar-refractivity contribution in [3.05, 3.63) is 34.3 Å². The standard InChI is InChI=1S/C19H23BrO3/c1-3-11-19(22)13-6-5-12-18(19,17(21)23-4-2)14-15-7-9-16(20)10-8-15/h1,7-10,22H,4-6,11-14H2,2H3/t18-,19-/m1/s1. The third-order valence-corrected chi connectivity index (χ3v) is 5.34. The molecule has 0 aliphatic heterocycles. The van der Waals surface area contributed by atoms with Crippen LogP contribution in [0.2, 0.25) is 0 Å². The fraction of sp³-hybridized carbons (Fsp3) is 0.526. The van der Waals surface area contributed by atoms with Crippen LogP contribution in [0.5, 0.6) is 0 Å². The lowest BCUT2D eigenvalue weighted by Gasteiger charge is -2.48. The van der Waals surface area contributed by atoms with Crippen molar-refractivity contribution in [1.82, 2.24) is 0 Å². The molecule has 4 heteroatoms. The molecule has 1 aliphatic carbocycles. The van der Waals surface area contributed by atoms with Crippen molar-refractivity contribution >= 4 is 21.9 Å². The number of carbonyl (C=O) groups excluding carboxylic acids is 1. The van der Waals surface area contributed by atoms with Crippen LogP contribution in [0.25, 0.3) is 0 Å². The van der Waals surface area contributed by atoms with Gasteiger partial charge in [-0.05, 0) is 43.9 Å². The predicted molar refractivity (Wildman–Crippen MR) is 93.8 cm³/mol. The number of terminal acetylenes is 1. The number of ether oxygens (including phenoxy) is 1. The smallest absolute Gasteiger partial charge is 0.315 e. The van der Waals surface area contributed by atoms with Gasteiger partial charge in [0.15, 0.2) is 0 Å². The number of carbonyl (C=O) groups is 1. The normalized spacial score (nSPS) is 27.2. The van der Waals surface area contributed by atoms with Crippen LogP contribution in [0.4, 0.5) is 0 Å². The number of halogens is 1. The van der Waals surface area contributed by atoms with Crippen LogP contribution in [0.15, 0.2) is 28.7 Å². The lowest BCUT2D eigenvalue weighted by atomic mass is 9.59. The van der Waals surface area contributed by atoms with Gasteiger partial charge in [0.25, 0.3) is 0 Å². The summed E-state index contributed by atoms with van der Waals surface area (Å²) in [6.07, 6.45) is 8.99. The molecule has 0 amide bonds. The highest BCUT2D eigenvalue weighted by molar-refractivity contribution is 9.10. The summed E-state index contributed by atoms with van der Waals surface area (Å²) in [6, 6.07) is 7.82. The van der Waals surface area contributed by atoms with Gasteiger partial charge in [0.1, 0.15) is 5.41 Å². The second kappa shape index (κ2) is 7.51. The first-order valence-electron chi connectivity index (χ1n) is 8.05. The predicted octanol–water partition coefficient (Wildman–Crippen LogP) is 3.87.